The predicted octanol–water partition coefficient (Wildman–Crippen LogP) is 0.836. The molecule has 0 saturated carbocycles. The molecule has 1 aromatic carbocycles. The Morgan fingerprint density at radius 3 is 2.89 bits per heavy atom. The van der Waals surface area contributed by atoms with Gasteiger partial charge in [-0.25, -0.2) is 0 Å². The molecule has 2 unspecified atom stereocenters. The Morgan fingerprint density at radius 2 is 2.16 bits per heavy atom. The van der Waals surface area contributed by atoms with Crippen molar-refractivity contribution in [3.05, 3.63) is 29.8 Å². The molecule has 1 heterocycles. The van der Waals surface area contributed by atoms with Crippen molar-refractivity contribution in [3.63, 3.8) is 0 Å². The van der Waals surface area contributed by atoms with Gasteiger partial charge < -0.3 is 16.0 Å². The van der Waals surface area contributed by atoms with Crippen LogP contribution in [0.25, 0.3) is 0 Å². The third-order valence-corrected chi connectivity index (χ3v) is 3.25. The van der Waals surface area contributed by atoms with Crippen LogP contribution in [0.1, 0.15) is 25.3 Å². The first-order valence-electron chi connectivity index (χ1n) is 6.54. The Labute approximate surface area is 112 Å². The first kappa shape index (κ1) is 13.4. The van der Waals surface area contributed by atoms with Crippen molar-refractivity contribution in [1.29, 1.82) is 0 Å². The van der Waals surface area contributed by atoms with Crippen molar-refractivity contribution in [2.45, 2.75) is 25.8 Å². The van der Waals surface area contributed by atoms with Gasteiger partial charge in [0.2, 0.25) is 11.8 Å². The van der Waals surface area contributed by atoms with Crippen molar-refractivity contribution >= 4 is 17.5 Å². The minimum absolute atomic E-state index is 0.115. The van der Waals surface area contributed by atoms with Crippen LogP contribution in [0.5, 0.6) is 0 Å². The van der Waals surface area contributed by atoms with E-state index in [9.17, 15) is 9.59 Å². The summed E-state index contributed by atoms with van der Waals surface area (Å²) in [5.74, 6) is -0.501. The van der Waals surface area contributed by atoms with Crippen LogP contribution in [0.3, 0.4) is 0 Å². The Bertz CT molecular complexity index is 487. The number of fused-ring (bicyclic) bond motifs is 1. The van der Waals surface area contributed by atoms with Crippen molar-refractivity contribution in [2.24, 2.45) is 0 Å². The fourth-order valence-electron chi connectivity index (χ4n) is 2.22. The van der Waals surface area contributed by atoms with E-state index in [-0.39, 0.29) is 17.7 Å². The van der Waals surface area contributed by atoms with E-state index in [0.29, 0.717) is 13.1 Å². The summed E-state index contributed by atoms with van der Waals surface area (Å²) in [6, 6.07) is 7.23. The first-order chi connectivity index (χ1) is 9.13. The molecule has 1 aliphatic rings. The molecule has 1 aliphatic heterocycles. The number of likely N-dealkylation sites (N-methyl/N-ethyl adjacent to an activating group) is 1. The van der Waals surface area contributed by atoms with E-state index >= 15 is 0 Å². The minimum Gasteiger partial charge on any atom is -0.384 e. The van der Waals surface area contributed by atoms with E-state index < -0.39 is 6.04 Å². The average molecular weight is 261 g/mol. The molecule has 0 bridgehead atoms. The normalized spacial score (nSPS) is 18.1. The molecule has 0 radical (unpaired) electrons. The fraction of sp³-hybridized carbons (Fsp3) is 0.429. The average Bonchev–Trinajstić information content (AvgIpc) is 2.82. The number of anilines is 1. The van der Waals surface area contributed by atoms with Gasteiger partial charge >= 0.3 is 0 Å². The zero-order valence-electron chi connectivity index (χ0n) is 11.2. The summed E-state index contributed by atoms with van der Waals surface area (Å²) in [6.07, 6.45) is 0. The molecular weight excluding hydrogens is 242 g/mol. The Balaban J connectivity index is 2.00. The second kappa shape index (κ2) is 5.73. The van der Waals surface area contributed by atoms with E-state index in [1.807, 2.05) is 31.2 Å². The van der Waals surface area contributed by atoms with Gasteiger partial charge in [-0.15, -0.1) is 0 Å². The maximum atomic E-state index is 12.2. The van der Waals surface area contributed by atoms with Gasteiger partial charge in [0.15, 0.2) is 0 Å². The van der Waals surface area contributed by atoms with Crippen molar-refractivity contribution in [1.82, 2.24) is 10.6 Å². The van der Waals surface area contributed by atoms with E-state index in [0.717, 1.165) is 11.3 Å². The van der Waals surface area contributed by atoms with Crippen LogP contribution in [0.2, 0.25) is 0 Å². The summed E-state index contributed by atoms with van der Waals surface area (Å²) in [7, 11) is 0. The molecular formula is C14H19N3O2. The third kappa shape index (κ3) is 2.86. The van der Waals surface area contributed by atoms with E-state index in [1.54, 1.807) is 6.92 Å². The number of carbonyl (C=O) groups is 2. The number of benzene rings is 1. The van der Waals surface area contributed by atoms with Gasteiger partial charge in [0.1, 0.15) is 6.04 Å². The molecule has 1 aromatic rings. The zero-order valence-corrected chi connectivity index (χ0v) is 11.2. The quantitative estimate of drug-likeness (QED) is 0.752. The van der Waals surface area contributed by atoms with E-state index in [2.05, 4.69) is 16.0 Å². The summed E-state index contributed by atoms with van der Waals surface area (Å²) in [4.78, 5) is 23.8. The molecule has 0 aromatic heterocycles. The minimum atomic E-state index is -0.514. The number of hydrogen-bond acceptors (Lipinski definition) is 3. The van der Waals surface area contributed by atoms with Gasteiger partial charge in [0.25, 0.3) is 0 Å². The molecule has 102 valence electrons. The van der Waals surface area contributed by atoms with E-state index in [1.165, 1.54) is 0 Å². The van der Waals surface area contributed by atoms with Crippen LogP contribution in [0.15, 0.2) is 24.3 Å². The Kier molecular flexibility index (Phi) is 4.04. The van der Waals surface area contributed by atoms with Crippen LogP contribution in [0, 0.1) is 0 Å². The smallest absolute Gasteiger partial charge is 0.242 e. The topological polar surface area (TPSA) is 70.2 Å². The molecule has 5 nitrogen and oxygen atoms in total. The maximum absolute atomic E-state index is 12.2. The van der Waals surface area contributed by atoms with Crippen molar-refractivity contribution in [3.8, 4) is 0 Å². The highest BCUT2D eigenvalue weighted by atomic mass is 16.2. The molecule has 3 N–H and O–H groups in total. The molecule has 5 heteroatoms. The summed E-state index contributed by atoms with van der Waals surface area (Å²) < 4.78 is 0. The monoisotopic (exact) mass is 261 g/mol. The van der Waals surface area contributed by atoms with Gasteiger partial charge in [0, 0.05) is 18.8 Å². The highest BCUT2D eigenvalue weighted by molar-refractivity contribution is 5.92. The SMILES string of the molecule is CCNC(=O)C(C)NC(=O)C1CNc2ccccc21. The van der Waals surface area contributed by atoms with Gasteiger partial charge in [-0.3, -0.25) is 9.59 Å². The van der Waals surface area contributed by atoms with E-state index in [4.69, 9.17) is 0 Å². The number of amides is 2. The molecule has 2 atom stereocenters. The van der Waals surface area contributed by atoms with Crippen LogP contribution in [0.4, 0.5) is 5.69 Å². The van der Waals surface area contributed by atoms with Crippen molar-refractivity contribution < 1.29 is 9.59 Å². The predicted molar refractivity (Wildman–Crippen MR) is 74.0 cm³/mol. The lowest BCUT2D eigenvalue weighted by atomic mass is 10.0. The molecule has 0 fully saturated rings. The molecule has 0 saturated heterocycles. The van der Waals surface area contributed by atoms with Gasteiger partial charge in [-0.2, -0.15) is 0 Å². The van der Waals surface area contributed by atoms with Gasteiger partial charge in [0.05, 0.1) is 5.92 Å². The number of nitrogens with one attached hydrogen (secondary N) is 3. The lowest BCUT2D eigenvalue weighted by Gasteiger charge is -2.16. The zero-order chi connectivity index (χ0) is 13.8. The first-order valence-corrected chi connectivity index (χ1v) is 6.54. The van der Waals surface area contributed by atoms with Crippen LogP contribution in [-0.2, 0) is 9.59 Å². The number of rotatable bonds is 4. The molecule has 0 spiro atoms. The van der Waals surface area contributed by atoms with Crippen molar-refractivity contribution in [2.75, 3.05) is 18.4 Å². The largest absolute Gasteiger partial charge is 0.384 e. The second-order valence-electron chi connectivity index (χ2n) is 4.65. The summed E-state index contributed by atoms with van der Waals surface area (Å²) >= 11 is 0. The van der Waals surface area contributed by atoms with Crippen LogP contribution in [-0.4, -0.2) is 30.9 Å². The summed E-state index contributed by atoms with van der Waals surface area (Å²) in [5, 5.41) is 8.64. The standard InChI is InChI=1S/C14H19N3O2/c1-3-15-13(18)9(2)17-14(19)11-8-16-12-7-5-4-6-10(11)12/h4-7,9,11,16H,3,8H2,1-2H3,(H,15,18)(H,17,19). The third-order valence-electron chi connectivity index (χ3n) is 3.25. The lowest BCUT2D eigenvalue weighted by molar-refractivity contribution is -0.129. The molecule has 2 rings (SSSR count). The second-order valence-corrected chi connectivity index (χ2v) is 4.65. The molecule has 2 amide bonds. The summed E-state index contributed by atoms with van der Waals surface area (Å²) in [6.45, 7) is 4.68. The number of carbonyl (C=O) groups excluding carboxylic acids is 2. The summed E-state index contributed by atoms with van der Waals surface area (Å²) in [5.41, 5.74) is 1.98. The van der Waals surface area contributed by atoms with Crippen LogP contribution >= 0.6 is 0 Å². The highest BCUT2D eigenvalue weighted by Crippen LogP contribution is 2.30. The lowest BCUT2D eigenvalue weighted by Crippen LogP contribution is -2.46. The molecule has 19 heavy (non-hydrogen) atoms. The Morgan fingerprint density at radius 1 is 1.42 bits per heavy atom. The number of para-hydroxylation sites is 1. The maximum Gasteiger partial charge on any atom is 0.242 e. The number of hydrogen-bond donors (Lipinski definition) is 3. The van der Waals surface area contributed by atoms with Gasteiger partial charge in [-0.05, 0) is 25.5 Å². The fourth-order valence-corrected chi connectivity index (χ4v) is 2.22. The Hall–Kier alpha value is -2.04. The van der Waals surface area contributed by atoms with Gasteiger partial charge in [-0.1, -0.05) is 18.2 Å². The van der Waals surface area contributed by atoms with Crippen LogP contribution < -0.4 is 16.0 Å². The molecule has 0 aliphatic carbocycles. The highest BCUT2D eigenvalue weighted by Gasteiger charge is 2.29.